The third-order valence-electron chi connectivity index (χ3n) is 11.8. The zero-order valence-corrected chi connectivity index (χ0v) is 37.2. The molecular weight excluding hydrogens is 862 g/mol. The Morgan fingerprint density at radius 3 is 2.22 bits per heavy atom. The fourth-order valence-electron chi connectivity index (χ4n) is 8.79. The van der Waals surface area contributed by atoms with Gasteiger partial charge in [0.1, 0.15) is 28.8 Å². The van der Waals surface area contributed by atoms with Gasteiger partial charge in [-0.3, -0.25) is 14.2 Å². The first-order valence-electron chi connectivity index (χ1n) is 21.2. The SMILES string of the molecule is Cc1ccc(C(=O)N(CCCNC(=S)Nc2ccc3c(c2)C(=O)OC32c3ccc(O)cc3Oc3cc(O)ccc32)[C@@H](c2nc3cc(Cl)ccc3c(=O)n2Cc2ccccc2)C(C)C)cc1. The van der Waals surface area contributed by atoms with Crippen LogP contribution in [-0.2, 0) is 16.9 Å². The number of benzene rings is 6. The number of ether oxygens (including phenoxy) is 2. The summed E-state index contributed by atoms with van der Waals surface area (Å²) >= 11 is 12.2. The average Bonchev–Trinajstić information content (AvgIpc) is 3.56. The number of carbonyl (C=O) groups excluding carboxylic acids is 2. The highest BCUT2D eigenvalue weighted by atomic mass is 35.5. The van der Waals surface area contributed by atoms with Gasteiger partial charge in [-0.1, -0.05) is 79.5 Å². The predicted molar refractivity (Wildman–Crippen MR) is 253 cm³/mol. The zero-order valence-electron chi connectivity index (χ0n) is 35.7. The van der Waals surface area contributed by atoms with Crippen molar-refractivity contribution in [2.24, 2.45) is 5.92 Å². The molecule has 0 saturated carbocycles. The Morgan fingerprint density at radius 2 is 1.54 bits per heavy atom. The molecule has 3 heterocycles. The lowest BCUT2D eigenvalue weighted by atomic mass is 9.77. The van der Waals surface area contributed by atoms with Crippen molar-refractivity contribution in [3.05, 3.63) is 188 Å². The van der Waals surface area contributed by atoms with E-state index in [0.717, 1.165) is 11.1 Å². The van der Waals surface area contributed by atoms with Gasteiger partial charge in [-0.15, -0.1) is 0 Å². The van der Waals surface area contributed by atoms with E-state index in [2.05, 4.69) is 10.6 Å². The molecule has 12 nitrogen and oxygen atoms in total. The van der Waals surface area contributed by atoms with Crippen molar-refractivity contribution in [1.29, 1.82) is 0 Å². The second-order valence-electron chi connectivity index (χ2n) is 16.6. The minimum atomic E-state index is -1.39. The minimum absolute atomic E-state index is 0.0320. The van der Waals surface area contributed by atoms with Crippen LogP contribution in [0.4, 0.5) is 5.69 Å². The van der Waals surface area contributed by atoms with Crippen LogP contribution in [0.1, 0.15) is 80.7 Å². The van der Waals surface area contributed by atoms with E-state index < -0.39 is 17.6 Å². The van der Waals surface area contributed by atoms with E-state index in [1.165, 1.54) is 24.3 Å². The fourth-order valence-corrected chi connectivity index (χ4v) is 9.18. The number of hydrogen-bond donors (Lipinski definition) is 4. The van der Waals surface area contributed by atoms with E-state index in [4.69, 9.17) is 38.3 Å². The number of rotatable bonds is 11. The van der Waals surface area contributed by atoms with E-state index in [1.54, 1.807) is 58.0 Å². The molecule has 9 rings (SSSR count). The second-order valence-corrected chi connectivity index (χ2v) is 17.4. The Kier molecular flexibility index (Phi) is 11.5. The number of fused-ring (bicyclic) bond motifs is 7. The van der Waals surface area contributed by atoms with Gasteiger partial charge < -0.3 is 35.2 Å². The molecule has 6 aromatic carbocycles. The summed E-state index contributed by atoms with van der Waals surface area (Å²) in [5.74, 6) is 0.0194. The van der Waals surface area contributed by atoms with Crippen LogP contribution in [0.25, 0.3) is 10.9 Å². The average molecular weight is 906 g/mol. The van der Waals surface area contributed by atoms with Gasteiger partial charge in [-0.2, -0.15) is 0 Å². The van der Waals surface area contributed by atoms with Crippen molar-refractivity contribution in [3.63, 3.8) is 0 Å². The molecule has 328 valence electrons. The Hall–Kier alpha value is -7.22. The van der Waals surface area contributed by atoms with Crippen molar-refractivity contribution >= 4 is 57.4 Å². The maximum atomic E-state index is 14.7. The van der Waals surface area contributed by atoms with Crippen molar-refractivity contribution in [1.82, 2.24) is 19.8 Å². The summed E-state index contributed by atoms with van der Waals surface area (Å²) in [7, 11) is 0. The molecule has 1 atom stereocenters. The molecule has 0 radical (unpaired) electrons. The first kappa shape index (κ1) is 43.1. The van der Waals surface area contributed by atoms with E-state index in [0.29, 0.717) is 73.3 Å². The van der Waals surface area contributed by atoms with Gasteiger partial charge in [0.05, 0.1) is 29.1 Å². The van der Waals surface area contributed by atoms with Crippen molar-refractivity contribution in [2.45, 2.75) is 45.4 Å². The number of aromatic nitrogens is 2. The summed E-state index contributed by atoms with van der Waals surface area (Å²) < 4.78 is 14.0. The van der Waals surface area contributed by atoms with E-state index in [-0.39, 0.29) is 53.5 Å². The number of nitrogens with one attached hydrogen (secondary N) is 2. The minimum Gasteiger partial charge on any atom is -0.508 e. The molecule has 1 amide bonds. The number of phenols is 2. The molecule has 14 heteroatoms. The van der Waals surface area contributed by atoms with Crippen LogP contribution in [0.2, 0.25) is 5.02 Å². The summed E-state index contributed by atoms with van der Waals surface area (Å²) in [6.45, 7) is 6.91. The Balaban J connectivity index is 0.973. The first-order valence-corrected chi connectivity index (χ1v) is 22.0. The smallest absolute Gasteiger partial charge is 0.340 e. The van der Waals surface area contributed by atoms with Gasteiger partial charge >= 0.3 is 5.97 Å². The molecule has 0 bridgehead atoms. The van der Waals surface area contributed by atoms with Gasteiger partial charge in [0.15, 0.2) is 10.7 Å². The monoisotopic (exact) mass is 905 g/mol. The maximum Gasteiger partial charge on any atom is 0.340 e. The van der Waals surface area contributed by atoms with E-state index >= 15 is 0 Å². The zero-order chi connectivity index (χ0) is 45.6. The number of anilines is 1. The molecule has 0 unspecified atom stereocenters. The molecule has 0 saturated heterocycles. The van der Waals surface area contributed by atoms with Crippen LogP contribution < -0.4 is 20.9 Å². The Morgan fingerprint density at radius 1 is 0.862 bits per heavy atom. The first-order chi connectivity index (χ1) is 31.3. The third-order valence-corrected chi connectivity index (χ3v) is 12.3. The summed E-state index contributed by atoms with van der Waals surface area (Å²) in [5.41, 5.74) is 3.71. The highest BCUT2D eigenvalue weighted by molar-refractivity contribution is 7.80. The molecule has 0 fully saturated rings. The lowest BCUT2D eigenvalue weighted by Gasteiger charge is -2.36. The number of hydrogen-bond acceptors (Lipinski definition) is 9. The van der Waals surface area contributed by atoms with Gasteiger partial charge in [0.2, 0.25) is 0 Å². The highest BCUT2D eigenvalue weighted by Gasteiger charge is 2.53. The number of aromatic hydroxyl groups is 2. The summed E-state index contributed by atoms with van der Waals surface area (Å²) in [6, 6.07) is 36.0. The number of thiocarbonyl (C=S) groups is 1. The van der Waals surface area contributed by atoms with Gasteiger partial charge in [-0.05, 0) is 104 Å². The number of esters is 1. The van der Waals surface area contributed by atoms with E-state index in [9.17, 15) is 24.6 Å². The third kappa shape index (κ3) is 8.13. The summed E-state index contributed by atoms with van der Waals surface area (Å²) in [5, 5.41) is 28.2. The lowest BCUT2D eigenvalue weighted by Crippen LogP contribution is -2.43. The molecular formula is C51H44ClN5O7S. The van der Waals surface area contributed by atoms with Crippen LogP contribution in [0.3, 0.4) is 0 Å². The standard InChI is InChI=1S/C51H44ClN5O7S/c1-29(2)45(46-55-42-24-33(52)14-18-37(42)48(61)57(46)28-31-8-5-4-6-9-31)56(47(60)32-12-10-30(3)11-13-32)23-7-22-53-50(65)54-34-15-19-39-38(25-34)49(62)64-51(39)40-20-16-35(58)26-43(40)63-44-27-36(59)17-21-41(44)51/h4-6,8-21,24-27,29,45,58-59H,7,22-23,28H2,1-3H3,(H2,53,54,65)/t45-/m1/s1. The van der Waals surface area contributed by atoms with Crippen LogP contribution in [-0.4, -0.2) is 54.7 Å². The van der Waals surface area contributed by atoms with Crippen LogP contribution in [0.15, 0.2) is 132 Å². The number of nitrogens with zero attached hydrogens (tertiary/aromatic N) is 3. The molecule has 2 aliphatic heterocycles. The van der Waals surface area contributed by atoms with Crippen molar-refractivity contribution in [2.75, 3.05) is 18.4 Å². The van der Waals surface area contributed by atoms with Crippen molar-refractivity contribution in [3.8, 4) is 23.0 Å². The molecule has 4 N–H and O–H groups in total. The quantitative estimate of drug-likeness (QED) is 0.0557. The topological polar surface area (TPSA) is 155 Å². The van der Waals surface area contributed by atoms with Crippen molar-refractivity contribution < 1.29 is 29.3 Å². The number of aryl methyl sites for hydroxylation is 1. The largest absolute Gasteiger partial charge is 0.508 e. The van der Waals surface area contributed by atoms with Gasteiger partial charge in [0.25, 0.3) is 11.5 Å². The van der Waals surface area contributed by atoms with E-state index in [1.807, 2.05) is 75.4 Å². The normalized spacial score (nSPS) is 13.6. The molecule has 65 heavy (non-hydrogen) atoms. The Bertz CT molecular complexity index is 3030. The number of phenolic OH excluding ortho intramolecular Hbond substituents is 2. The molecule has 1 spiro atoms. The van der Waals surface area contributed by atoms with Crippen LogP contribution >= 0.6 is 23.8 Å². The second kappa shape index (κ2) is 17.4. The fraction of sp³-hybridized carbons (Fsp3) is 0.196. The summed E-state index contributed by atoms with van der Waals surface area (Å²) in [4.78, 5) is 49.6. The number of halogens is 1. The Labute approximate surface area is 385 Å². The molecule has 2 aliphatic rings. The highest BCUT2D eigenvalue weighted by Crippen LogP contribution is 2.57. The van der Waals surface area contributed by atoms with Gasteiger partial charge in [0, 0.05) is 58.2 Å². The van der Waals surface area contributed by atoms with Crippen LogP contribution in [0, 0.1) is 12.8 Å². The number of carbonyl (C=O) groups is 2. The van der Waals surface area contributed by atoms with Gasteiger partial charge in [-0.25, -0.2) is 9.78 Å². The molecule has 0 aliphatic carbocycles. The molecule has 7 aromatic rings. The predicted octanol–water partition coefficient (Wildman–Crippen LogP) is 9.60. The number of amides is 1. The van der Waals surface area contributed by atoms with Crippen LogP contribution in [0.5, 0.6) is 23.0 Å². The lowest BCUT2D eigenvalue weighted by molar-refractivity contribution is 0.0224. The maximum absolute atomic E-state index is 14.7. The molecule has 1 aromatic heterocycles. The summed E-state index contributed by atoms with van der Waals surface area (Å²) in [6.07, 6.45) is 0.468.